The highest BCUT2D eigenvalue weighted by Gasteiger charge is 2.31. The third-order valence-corrected chi connectivity index (χ3v) is 25.6. The Hall–Kier alpha value is -0.480. The highest BCUT2D eigenvalue weighted by Crippen LogP contribution is 2.32. The van der Waals surface area contributed by atoms with Gasteiger partial charge in [0.05, 0.1) is 0 Å². The van der Waals surface area contributed by atoms with E-state index in [0.29, 0.717) is 44.3 Å². The van der Waals surface area contributed by atoms with E-state index in [1.54, 1.807) is 0 Å². The minimum Gasteiger partial charge on any atom is -0.309 e. The van der Waals surface area contributed by atoms with Crippen LogP contribution >= 0.6 is 0 Å². The maximum absolute atomic E-state index is 3.69. The molecule has 8 aliphatic carbocycles. The van der Waals surface area contributed by atoms with Gasteiger partial charge in [0.25, 0.3) is 0 Å². The molecule has 10 rings (SSSR count). The largest absolute Gasteiger partial charge is 0.309 e. The Morgan fingerprint density at radius 3 is 0.400 bits per heavy atom. The highest BCUT2D eigenvalue weighted by atomic mass is 15.1. The lowest BCUT2D eigenvalue weighted by Crippen LogP contribution is -2.48. The Morgan fingerprint density at radius 1 is 0.150 bits per heavy atom. The molecule has 8 saturated carbocycles. The van der Waals surface area contributed by atoms with Crippen LogP contribution in [-0.4, -0.2) is 166 Å². The van der Waals surface area contributed by atoms with Crippen molar-refractivity contribution in [2.45, 2.75) is 610 Å². The predicted octanol–water partition coefficient (Wildman–Crippen LogP) is 26.6. The normalized spacial score (nSPS) is 30.2. The van der Waals surface area contributed by atoms with Crippen molar-refractivity contribution in [1.82, 2.24) is 63.0 Å². The number of hydrogen-bond donors (Lipinski definition) is 10. The van der Waals surface area contributed by atoms with Crippen molar-refractivity contribution in [2.75, 3.05) is 40.3 Å². The van der Waals surface area contributed by atoms with Crippen LogP contribution < -0.4 is 53.2 Å². The van der Waals surface area contributed by atoms with Crippen molar-refractivity contribution in [2.24, 2.45) is 47.3 Å². The molecule has 720 valence electrons. The molecule has 8 atom stereocenters. The molecule has 10 aliphatic rings. The molecule has 0 aromatic heterocycles. The van der Waals surface area contributed by atoms with Crippen molar-refractivity contribution in [3.05, 3.63) is 0 Å². The van der Waals surface area contributed by atoms with Gasteiger partial charge >= 0.3 is 0 Å². The number of rotatable bonds is 10. The van der Waals surface area contributed by atoms with Crippen molar-refractivity contribution in [3.8, 4) is 0 Å². The first-order valence-corrected chi connectivity index (χ1v) is 51.9. The molecule has 10 fully saturated rings. The molecule has 120 heavy (non-hydrogen) atoms. The average Bonchev–Trinajstić information content (AvgIpc) is 0.892. The average molecular weight is 1700 g/mol. The van der Waals surface area contributed by atoms with Gasteiger partial charge in [-0.2, -0.15) is 0 Å². The quantitative estimate of drug-likeness (QED) is 0.102. The van der Waals surface area contributed by atoms with Crippen LogP contribution in [0.3, 0.4) is 0 Å². The monoisotopic (exact) mass is 1690 g/mol. The second-order valence-electron chi connectivity index (χ2n) is 52.8. The molecule has 2 aliphatic heterocycles. The molecule has 2 heterocycles. The van der Waals surface area contributed by atoms with Gasteiger partial charge in [0, 0.05) is 116 Å². The van der Waals surface area contributed by atoms with E-state index >= 15 is 0 Å². The minimum absolute atomic E-state index is 0.278. The van der Waals surface area contributed by atoms with E-state index in [-0.39, 0.29) is 11.1 Å². The summed E-state index contributed by atoms with van der Waals surface area (Å²) in [6, 6.07) is 7.68. The smallest absolute Gasteiger partial charge is 0.00991 e. The number of likely N-dealkylation sites (tertiary alicyclic amines) is 2. The molecule has 0 amide bonds. The second kappa shape index (κ2) is 57.0. The number of nitrogens with zero attached hydrogens (tertiary/aromatic N) is 2. The number of piperidine rings is 2. The first-order chi connectivity index (χ1) is 54.7. The highest BCUT2D eigenvalue weighted by molar-refractivity contribution is 4.91. The van der Waals surface area contributed by atoms with E-state index in [1.165, 1.54) is 257 Å². The summed E-state index contributed by atoms with van der Waals surface area (Å²) in [5.74, 6) is 7.56. The van der Waals surface area contributed by atoms with Gasteiger partial charge in [0.1, 0.15) is 0 Å². The van der Waals surface area contributed by atoms with Crippen LogP contribution in [0.25, 0.3) is 0 Å². The van der Waals surface area contributed by atoms with Gasteiger partial charge in [-0.3, -0.25) is 0 Å². The SMILES string of the molecule is CC1CCC(NC(C)(C)C)CC1.CC1CCC(NC(C)(C)C)CC1.CC1CCC(NC(C)(C)C)CC1.CC1CCC(NC(C)(C)C)CC1.CC1CCCC(NC(C)(C)C)C1.CC1CCCC(NC(C)(C)C)C1.CC1CCCC(NC(C)(C)C)C1.CC1CCCC(NC(C)(C)C)C1.CN1CCC(NC(C)(C)C)CC1.CN1CCC(NC(C)(C)C)CC1. The Kier molecular flexibility index (Phi) is 55.8. The standard InChI is InChI=1S/8C11H23N.2C10H22N2/c4*1-9-5-7-10(8-6-9)12-11(2,3)4;4*1-9-6-5-7-10(8-9)12-11(2,3)4;2*1-10(2,3)11-9-5-7-12(4)8-6-9/h8*9-10,12H,5-8H2,1-4H3;2*9,11H,5-8H2,1-4H3. The molecule has 8 unspecified atom stereocenters. The first kappa shape index (κ1) is 118. The third kappa shape index (κ3) is 71.4. The fraction of sp³-hybridized carbons (Fsp3) is 1.00. The molecule has 0 radical (unpaired) electrons. The van der Waals surface area contributed by atoms with E-state index in [9.17, 15) is 0 Å². The van der Waals surface area contributed by atoms with Crippen LogP contribution in [0.15, 0.2) is 0 Å². The summed E-state index contributed by atoms with van der Waals surface area (Å²) in [6.45, 7) is 91.5. The maximum Gasteiger partial charge on any atom is 0.00991 e. The Bertz CT molecular complexity index is 2030. The summed E-state index contributed by atoms with van der Waals surface area (Å²) in [4.78, 5) is 4.81. The molecular formula is C108H228N12. The molecule has 12 heteroatoms. The van der Waals surface area contributed by atoms with Crippen LogP contribution in [0, 0.1) is 47.3 Å². The minimum atomic E-state index is 0.278. The zero-order valence-electron chi connectivity index (χ0n) is 89.6. The van der Waals surface area contributed by atoms with Crippen LogP contribution in [0.1, 0.15) is 494 Å². The van der Waals surface area contributed by atoms with Gasteiger partial charge < -0.3 is 63.0 Å². The summed E-state index contributed by atoms with van der Waals surface area (Å²) in [7, 11) is 4.40. The van der Waals surface area contributed by atoms with Gasteiger partial charge in [0.15, 0.2) is 0 Å². The van der Waals surface area contributed by atoms with E-state index in [4.69, 9.17) is 0 Å². The van der Waals surface area contributed by atoms with E-state index in [2.05, 4.69) is 340 Å². The van der Waals surface area contributed by atoms with Gasteiger partial charge in [0.2, 0.25) is 0 Å². The summed E-state index contributed by atoms with van der Waals surface area (Å²) in [5.41, 5.74) is 2.92. The summed E-state index contributed by atoms with van der Waals surface area (Å²) < 4.78 is 0. The number of hydrogen-bond acceptors (Lipinski definition) is 12. The molecule has 0 aromatic carbocycles. The van der Waals surface area contributed by atoms with E-state index in [0.717, 1.165) is 108 Å². The second-order valence-corrected chi connectivity index (χ2v) is 52.8. The van der Waals surface area contributed by atoms with Crippen LogP contribution in [0.2, 0.25) is 0 Å². The zero-order valence-corrected chi connectivity index (χ0v) is 89.6. The molecule has 0 spiro atoms. The molecule has 12 nitrogen and oxygen atoms in total. The van der Waals surface area contributed by atoms with Gasteiger partial charge in [-0.25, -0.2) is 0 Å². The van der Waals surface area contributed by atoms with Gasteiger partial charge in [-0.05, 0) is 475 Å². The fourth-order valence-electron chi connectivity index (χ4n) is 20.3. The maximum atomic E-state index is 3.69. The van der Waals surface area contributed by atoms with Gasteiger partial charge in [-0.1, -0.05) is 107 Å². The molecule has 0 aromatic rings. The summed E-state index contributed by atoms with van der Waals surface area (Å²) in [5, 5.41) is 36.8. The van der Waals surface area contributed by atoms with E-state index < -0.39 is 0 Å². The third-order valence-electron chi connectivity index (χ3n) is 25.6. The fourth-order valence-corrected chi connectivity index (χ4v) is 20.3. The first-order valence-electron chi connectivity index (χ1n) is 51.9. The van der Waals surface area contributed by atoms with Crippen LogP contribution in [-0.2, 0) is 0 Å². The van der Waals surface area contributed by atoms with Crippen molar-refractivity contribution < 1.29 is 0 Å². The molecule has 10 N–H and O–H groups in total. The van der Waals surface area contributed by atoms with Crippen molar-refractivity contribution in [3.63, 3.8) is 0 Å². The van der Waals surface area contributed by atoms with Crippen LogP contribution in [0.4, 0.5) is 0 Å². The lowest BCUT2D eigenvalue weighted by atomic mass is 9.86. The summed E-state index contributed by atoms with van der Waals surface area (Å²) >= 11 is 0. The van der Waals surface area contributed by atoms with Crippen LogP contribution in [0.5, 0.6) is 0 Å². The van der Waals surface area contributed by atoms with Gasteiger partial charge in [-0.15, -0.1) is 0 Å². The Morgan fingerprint density at radius 2 is 0.275 bits per heavy atom. The molecule has 0 bridgehead atoms. The lowest BCUT2D eigenvalue weighted by molar-refractivity contribution is 0.210. The number of nitrogens with one attached hydrogen (secondary N) is 10. The Labute approximate surface area is 756 Å². The van der Waals surface area contributed by atoms with Crippen molar-refractivity contribution in [1.29, 1.82) is 0 Å². The topological polar surface area (TPSA) is 127 Å². The zero-order chi connectivity index (χ0) is 91.9. The molecular weight excluding hydrogens is 1470 g/mol. The Balaban J connectivity index is 0.000000667. The predicted molar refractivity (Wildman–Crippen MR) is 541 cm³/mol. The summed E-state index contributed by atoms with van der Waals surface area (Å²) in [6.07, 6.45) is 49.8. The lowest BCUT2D eigenvalue weighted by Gasteiger charge is -2.34. The molecule has 2 saturated heterocycles. The van der Waals surface area contributed by atoms with E-state index in [1.807, 2.05) is 0 Å². The van der Waals surface area contributed by atoms with Crippen molar-refractivity contribution >= 4 is 0 Å².